The van der Waals surface area contributed by atoms with Crippen LogP contribution in [0.1, 0.15) is 33.8 Å². The van der Waals surface area contributed by atoms with E-state index in [4.69, 9.17) is 9.84 Å². The van der Waals surface area contributed by atoms with Crippen molar-refractivity contribution in [3.8, 4) is 11.1 Å². The maximum Gasteiger partial charge on any atom is 0.412 e. The van der Waals surface area contributed by atoms with Crippen LogP contribution in [0.25, 0.3) is 11.1 Å². The van der Waals surface area contributed by atoms with Crippen LogP contribution in [0.15, 0.2) is 54.7 Å². The van der Waals surface area contributed by atoms with Crippen LogP contribution in [-0.4, -0.2) is 57.5 Å². The number of amides is 2. The van der Waals surface area contributed by atoms with Gasteiger partial charge in [0.25, 0.3) is 5.91 Å². The summed E-state index contributed by atoms with van der Waals surface area (Å²) in [5, 5.41) is 15.7. The number of anilines is 1. The number of aryl methyl sites for hydroxylation is 1. The number of nitrogens with zero attached hydrogens (tertiary/aromatic N) is 3. The molecule has 0 bridgehead atoms. The van der Waals surface area contributed by atoms with Crippen molar-refractivity contribution in [2.45, 2.75) is 12.3 Å². The van der Waals surface area contributed by atoms with Crippen molar-refractivity contribution < 1.29 is 24.2 Å². The minimum absolute atomic E-state index is 0.0294. The van der Waals surface area contributed by atoms with Gasteiger partial charge in [0.2, 0.25) is 0 Å². The lowest BCUT2D eigenvalue weighted by molar-refractivity contribution is -0.139. The summed E-state index contributed by atoms with van der Waals surface area (Å²) >= 11 is 0. The average Bonchev–Trinajstić information content (AvgIpc) is 3.31. The highest BCUT2D eigenvalue weighted by molar-refractivity contribution is 6.01. The topological polar surface area (TPSA) is 114 Å². The molecule has 0 atom stereocenters. The van der Waals surface area contributed by atoms with E-state index in [1.54, 1.807) is 11.9 Å². The van der Waals surface area contributed by atoms with Gasteiger partial charge < -0.3 is 14.7 Å². The maximum absolute atomic E-state index is 12.8. The van der Waals surface area contributed by atoms with E-state index in [0.717, 1.165) is 22.3 Å². The Morgan fingerprint density at radius 3 is 2.29 bits per heavy atom. The second kappa shape index (κ2) is 8.66. The molecule has 3 aromatic rings. The second-order valence-corrected chi connectivity index (χ2v) is 8.69. The van der Waals surface area contributed by atoms with Gasteiger partial charge in [-0.15, -0.1) is 0 Å². The molecule has 1 fully saturated rings. The number of carbonyl (C=O) groups excluding carboxylic acids is 2. The summed E-state index contributed by atoms with van der Waals surface area (Å²) in [5.41, 5.74) is 4.74. The molecule has 0 radical (unpaired) electrons. The fraction of sp³-hybridized carbons (Fsp3) is 0.280. The summed E-state index contributed by atoms with van der Waals surface area (Å²) in [6, 6.07) is 16.2. The first-order chi connectivity index (χ1) is 16.4. The third-order valence-electron chi connectivity index (χ3n) is 6.33. The van der Waals surface area contributed by atoms with Gasteiger partial charge in [-0.05, 0) is 22.3 Å². The number of nitrogens with one attached hydrogen (secondary N) is 1. The predicted octanol–water partition coefficient (Wildman–Crippen LogP) is 3.33. The first-order valence-electron chi connectivity index (χ1n) is 11.1. The fourth-order valence-corrected chi connectivity index (χ4v) is 4.75. The van der Waals surface area contributed by atoms with E-state index in [9.17, 15) is 14.4 Å². The Morgan fingerprint density at radius 2 is 1.68 bits per heavy atom. The van der Waals surface area contributed by atoms with Crippen molar-refractivity contribution in [2.24, 2.45) is 13.0 Å². The molecule has 1 saturated heterocycles. The van der Waals surface area contributed by atoms with Gasteiger partial charge in [0.1, 0.15) is 12.2 Å². The predicted molar refractivity (Wildman–Crippen MR) is 124 cm³/mol. The molecule has 174 valence electrons. The highest BCUT2D eigenvalue weighted by Gasteiger charge is 2.35. The number of aliphatic carboxylic acids is 1. The lowest BCUT2D eigenvalue weighted by Gasteiger charge is -2.38. The Hall–Kier alpha value is -4.14. The normalized spacial score (nSPS) is 14.8. The molecular weight excluding hydrogens is 436 g/mol. The largest absolute Gasteiger partial charge is 0.481 e. The van der Waals surface area contributed by atoms with Crippen LogP contribution in [0.2, 0.25) is 0 Å². The number of hydrogen-bond donors (Lipinski definition) is 2. The van der Waals surface area contributed by atoms with Crippen LogP contribution < -0.4 is 5.32 Å². The Morgan fingerprint density at radius 1 is 1.06 bits per heavy atom. The van der Waals surface area contributed by atoms with E-state index in [1.807, 2.05) is 36.4 Å². The highest BCUT2D eigenvalue weighted by Crippen LogP contribution is 2.44. The molecule has 2 aromatic carbocycles. The molecular formula is C25H24N4O5. The number of benzene rings is 2. The molecule has 9 heteroatoms. The quantitative estimate of drug-likeness (QED) is 0.583. The number of ether oxygens (including phenoxy) is 1. The van der Waals surface area contributed by atoms with Crippen molar-refractivity contribution in [1.82, 2.24) is 14.7 Å². The first-order valence-corrected chi connectivity index (χ1v) is 11.1. The first kappa shape index (κ1) is 21.7. The monoisotopic (exact) mass is 460 g/mol. The maximum atomic E-state index is 12.8. The summed E-state index contributed by atoms with van der Waals surface area (Å²) in [6.45, 7) is 0.883. The van der Waals surface area contributed by atoms with E-state index < -0.39 is 12.1 Å². The highest BCUT2D eigenvalue weighted by atomic mass is 16.5. The fourth-order valence-electron chi connectivity index (χ4n) is 4.75. The Balaban J connectivity index is 1.24. The minimum Gasteiger partial charge on any atom is -0.481 e. The smallest absolute Gasteiger partial charge is 0.412 e. The second-order valence-electron chi connectivity index (χ2n) is 8.69. The van der Waals surface area contributed by atoms with Crippen molar-refractivity contribution in [3.05, 3.63) is 71.4 Å². The van der Waals surface area contributed by atoms with E-state index in [1.165, 1.54) is 10.9 Å². The summed E-state index contributed by atoms with van der Waals surface area (Å²) in [6.07, 6.45) is 0.870. The number of carboxylic acid groups (broad SMARTS) is 1. The van der Waals surface area contributed by atoms with Crippen molar-refractivity contribution in [3.63, 3.8) is 0 Å². The zero-order valence-corrected chi connectivity index (χ0v) is 18.6. The zero-order chi connectivity index (χ0) is 23.8. The minimum atomic E-state index is -0.879. The number of rotatable bonds is 6. The van der Waals surface area contributed by atoms with Crippen molar-refractivity contribution in [1.29, 1.82) is 0 Å². The molecule has 1 aliphatic carbocycles. The summed E-state index contributed by atoms with van der Waals surface area (Å²) in [5.74, 6) is -1.20. The van der Waals surface area contributed by atoms with E-state index in [-0.39, 0.29) is 42.2 Å². The molecule has 9 nitrogen and oxygen atoms in total. The Bertz CT molecular complexity index is 1230. The number of fused-ring (bicyclic) bond motifs is 3. The molecule has 2 aliphatic rings. The molecule has 5 rings (SSSR count). The number of aromatic nitrogens is 2. The van der Waals surface area contributed by atoms with Gasteiger partial charge in [-0.2, -0.15) is 5.10 Å². The van der Waals surface area contributed by atoms with Crippen LogP contribution in [0, 0.1) is 5.92 Å². The number of hydrogen-bond acceptors (Lipinski definition) is 5. The third-order valence-corrected chi connectivity index (χ3v) is 6.33. The Labute approximate surface area is 195 Å². The van der Waals surface area contributed by atoms with Gasteiger partial charge >= 0.3 is 12.1 Å². The molecule has 34 heavy (non-hydrogen) atoms. The molecule has 0 spiro atoms. The van der Waals surface area contributed by atoms with E-state index in [2.05, 4.69) is 22.5 Å². The molecule has 1 aromatic heterocycles. The summed E-state index contributed by atoms with van der Waals surface area (Å²) in [7, 11) is 1.66. The van der Waals surface area contributed by atoms with Gasteiger partial charge in [0, 0.05) is 38.2 Å². The number of carbonyl (C=O) groups is 3. The summed E-state index contributed by atoms with van der Waals surface area (Å²) < 4.78 is 7.00. The van der Waals surface area contributed by atoms with Crippen LogP contribution in [-0.2, 0) is 16.6 Å². The van der Waals surface area contributed by atoms with Gasteiger partial charge in [0.15, 0.2) is 5.82 Å². The standard InChI is InChI=1S/C25H24N4O5/c1-28-13-20(24(32)29-11-15(12-29)10-22(30)31)23(27-28)26-25(33)34-14-21-18-8-4-2-6-16(18)17-7-3-5-9-19(17)21/h2-9,13,15,21H,10-12,14H2,1H3,(H,30,31)(H,26,27,33). The Kier molecular flexibility index (Phi) is 5.53. The third kappa shape index (κ3) is 4.00. The van der Waals surface area contributed by atoms with Crippen LogP contribution in [0.4, 0.5) is 10.6 Å². The van der Waals surface area contributed by atoms with Crippen LogP contribution in [0.5, 0.6) is 0 Å². The molecule has 2 amide bonds. The average molecular weight is 460 g/mol. The van der Waals surface area contributed by atoms with Gasteiger partial charge in [-0.1, -0.05) is 48.5 Å². The molecule has 0 unspecified atom stereocenters. The van der Waals surface area contributed by atoms with Gasteiger partial charge in [-0.25, -0.2) is 4.79 Å². The zero-order valence-electron chi connectivity index (χ0n) is 18.6. The van der Waals surface area contributed by atoms with E-state index >= 15 is 0 Å². The molecule has 2 N–H and O–H groups in total. The molecule has 1 aliphatic heterocycles. The van der Waals surface area contributed by atoms with Crippen molar-refractivity contribution >= 4 is 23.8 Å². The van der Waals surface area contributed by atoms with Crippen LogP contribution in [0.3, 0.4) is 0 Å². The lowest BCUT2D eigenvalue weighted by Crippen LogP contribution is -2.50. The summed E-state index contributed by atoms with van der Waals surface area (Å²) in [4.78, 5) is 37.9. The van der Waals surface area contributed by atoms with Crippen molar-refractivity contribution in [2.75, 3.05) is 25.0 Å². The molecule has 0 saturated carbocycles. The SMILES string of the molecule is Cn1cc(C(=O)N2CC(CC(=O)O)C2)c(NC(=O)OCC2c3ccccc3-c3ccccc32)n1. The van der Waals surface area contributed by atoms with Gasteiger partial charge in [-0.3, -0.25) is 19.6 Å². The van der Waals surface area contributed by atoms with Crippen LogP contribution >= 0.6 is 0 Å². The molecule has 2 heterocycles. The lowest BCUT2D eigenvalue weighted by atomic mass is 9.96. The number of carboxylic acids is 1. The number of likely N-dealkylation sites (tertiary alicyclic amines) is 1. The van der Waals surface area contributed by atoms with Gasteiger partial charge in [0.05, 0.1) is 6.42 Å². The van der Waals surface area contributed by atoms with E-state index in [0.29, 0.717) is 13.1 Å².